The summed E-state index contributed by atoms with van der Waals surface area (Å²) in [5, 5.41) is 6.98. The molecule has 1 atom stereocenters. The lowest BCUT2D eigenvalue weighted by molar-refractivity contribution is 0.0932. The molecule has 6 nitrogen and oxygen atoms in total. The SMILES string of the molecule is Cc1ccc2nc(C(C)NC(=O)c3ccn(C)n3)[nH]c2c1. The van der Waals surface area contributed by atoms with E-state index in [0.717, 1.165) is 16.9 Å². The Morgan fingerprint density at radius 3 is 2.90 bits per heavy atom. The van der Waals surface area contributed by atoms with Crippen LogP contribution < -0.4 is 5.32 Å². The van der Waals surface area contributed by atoms with Crippen LogP contribution in [0.1, 0.15) is 34.8 Å². The molecule has 6 heteroatoms. The van der Waals surface area contributed by atoms with Crippen molar-refractivity contribution in [2.45, 2.75) is 19.9 Å². The number of aromatic nitrogens is 4. The van der Waals surface area contributed by atoms with Crippen LogP contribution in [0.15, 0.2) is 30.5 Å². The van der Waals surface area contributed by atoms with Crippen LogP contribution in [0.3, 0.4) is 0 Å². The molecule has 3 aromatic rings. The maximum absolute atomic E-state index is 12.1. The summed E-state index contributed by atoms with van der Waals surface area (Å²) in [5.74, 6) is 0.527. The molecule has 21 heavy (non-hydrogen) atoms. The van der Waals surface area contributed by atoms with Gasteiger partial charge < -0.3 is 10.3 Å². The highest BCUT2D eigenvalue weighted by molar-refractivity contribution is 5.92. The van der Waals surface area contributed by atoms with Gasteiger partial charge in [-0.05, 0) is 37.6 Å². The Morgan fingerprint density at radius 2 is 2.19 bits per heavy atom. The molecule has 0 radical (unpaired) electrons. The van der Waals surface area contributed by atoms with Gasteiger partial charge in [0, 0.05) is 13.2 Å². The molecule has 1 amide bonds. The number of imidazole rings is 1. The normalized spacial score (nSPS) is 12.5. The smallest absolute Gasteiger partial charge is 0.272 e. The van der Waals surface area contributed by atoms with Crippen LogP contribution in [-0.2, 0) is 7.05 Å². The van der Waals surface area contributed by atoms with E-state index in [1.807, 2.05) is 32.0 Å². The molecule has 0 aliphatic rings. The fourth-order valence-corrected chi connectivity index (χ4v) is 2.22. The first-order chi connectivity index (χ1) is 10.0. The summed E-state index contributed by atoms with van der Waals surface area (Å²) in [7, 11) is 1.78. The van der Waals surface area contributed by atoms with E-state index in [1.54, 1.807) is 24.0 Å². The van der Waals surface area contributed by atoms with E-state index in [9.17, 15) is 4.79 Å². The number of fused-ring (bicyclic) bond motifs is 1. The molecule has 2 heterocycles. The number of H-pyrrole nitrogens is 1. The number of nitrogens with one attached hydrogen (secondary N) is 2. The third-order valence-electron chi connectivity index (χ3n) is 3.36. The van der Waals surface area contributed by atoms with Crippen molar-refractivity contribution in [1.82, 2.24) is 25.1 Å². The van der Waals surface area contributed by atoms with E-state index < -0.39 is 0 Å². The lowest BCUT2D eigenvalue weighted by atomic mass is 10.2. The molecule has 3 rings (SSSR count). The molecule has 0 bridgehead atoms. The Balaban J connectivity index is 1.80. The van der Waals surface area contributed by atoms with Gasteiger partial charge in [-0.3, -0.25) is 9.48 Å². The first-order valence-corrected chi connectivity index (χ1v) is 6.80. The molecule has 0 aliphatic carbocycles. The third kappa shape index (κ3) is 2.65. The first kappa shape index (κ1) is 13.4. The van der Waals surface area contributed by atoms with Gasteiger partial charge in [-0.1, -0.05) is 6.07 Å². The van der Waals surface area contributed by atoms with Gasteiger partial charge in [-0.25, -0.2) is 4.98 Å². The fraction of sp³-hybridized carbons (Fsp3) is 0.267. The summed E-state index contributed by atoms with van der Waals surface area (Å²) in [6, 6.07) is 7.50. The Hall–Kier alpha value is -2.63. The van der Waals surface area contributed by atoms with E-state index in [-0.39, 0.29) is 11.9 Å². The van der Waals surface area contributed by atoms with E-state index in [0.29, 0.717) is 5.69 Å². The van der Waals surface area contributed by atoms with Gasteiger partial charge >= 0.3 is 0 Å². The Morgan fingerprint density at radius 1 is 1.38 bits per heavy atom. The van der Waals surface area contributed by atoms with Gasteiger partial charge in [-0.2, -0.15) is 5.10 Å². The summed E-state index contributed by atoms with van der Waals surface area (Å²) in [5.41, 5.74) is 3.44. The number of benzene rings is 1. The number of amides is 1. The van der Waals surface area contributed by atoms with Crippen molar-refractivity contribution in [3.8, 4) is 0 Å². The topological polar surface area (TPSA) is 75.6 Å². The van der Waals surface area contributed by atoms with Gasteiger partial charge in [-0.15, -0.1) is 0 Å². The number of nitrogens with zero attached hydrogens (tertiary/aromatic N) is 3. The highest BCUT2D eigenvalue weighted by atomic mass is 16.2. The first-order valence-electron chi connectivity index (χ1n) is 6.80. The predicted octanol–water partition coefficient (Wildman–Crippen LogP) is 2.10. The van der Waals surface area contributed by atoms with Gasteiger partial charge in [0.05, 0.1) is 17.1 Å². The number of hydrogen-bond donors (Lipinski definition) is 2. The molecular weight excluding hydrogens is 266 g/mol. The summed E-state index contributed by atoms with van der Waals surface area (Å²) in [6.45, 7) is 3.93. The van der Waals surface area contributed by atoms with Crippen LogP contribution in [0.4, 0.5) is 0 Å². The van der Waals surface area contributed by atoms with Crippen LogP contribution >= 0.6 is 0 Å². The minimum atomic E-state index is -0.216. The van der Waals surface area contributed by atoms with E-state index >= 15 is 0 Å². The molecule has 0 fully saturated rings. The summed E-state index contributed by atoms with van der Waals surface area (Å²) in [4.78, 5) is 19.8. The van der Waals surface area contributed by atoms with Crippen LogP contribution in [0, 0.1) is 6.92 Å². The maximum Gasteiger partial charge on any atom is 0.272 e. The van der Waals surface area contributed by atoms with Gasteiger partial charge in [0.15, 0.2) is 0 Å². The zero-order chi connectivity index (χ0) is 15.0. The Labute approximate surface area is 122 Å². The van der Waals surface area contributed by atoms with E-state index in [1.165, 1.54) is 5.56 Å². The number of rotatable bonds is 3. The second kappa shape index (κ2) is 5.05. The van der Waals surface area contributed by atoms with Crippen molar-refractivity contribution in [1.29, 1.82) is 0 Å². The molecule has 1 aromatic carbocycles. The molecule has 0 spiro atoms. The summed E-state index contributed by atoms with van der Waals surface area (Å²) < 4.78 is 1.60. The van der Waals surface area contributed by atoms with Crippen LogP contribution in [0.5, 0.6) is 0 Å². The molecule has 0 saturated carbocycles. The zero-order valence-corrected chi connectivity index (χ0v) is 12.2. The number of carbonyl (C=O) groups is 1. The summed E-state index contributed by atoms with van der Waals surface area (Å²) in [6.07, 6.45) is 1.74. The van der Waals surface area contributed by atoms with Crippen molar-refractivity contribution >= 4 is 16.9 Å². The number of aromatic amines is 1. The standard InChI is InChI=1S/C15H17N5O/c1-9-4-5-11-13(8-9)18-14(17-11)10(2)16-15(21)12-6-7-20(3)19-12/h4-8,10H,1-3H3,(H,16,21)(H,17,18). The van der Waals surface area contributed by atoms with Gasteiger partial charge in [0.25, 0.3) is 5.91 Å². The molecule has 2 aromatic heterocycles. The van der Waals surface area contributed by atoms with Crippen molar-refractivity contribution in [3.63, 3.8) is 0 Å². The second-order valence-electron chi connectivity index (χ2n) is 5.21. The van der Waals surface area contributed by atoms with Gasteiger partial charge in [0.2, 0.25) is 0 Å². The number of aryl methyl sites for hydroxylation is 2. The summed E-state index contributed by atoms with van der Waals surface area (Å²) >= 11 is 0. The average Bonchev–Trinajstić information content (AvgIpc) is 3.04. The largest absolute Gasteiger partial charge is 0.341 e. The van der Waals surface area contributed by atoms with Crippen LogP contribution in [-0.4, -0.2) is 25.7 Å². The van der Waals surface area contributed by atoms with Crippen molar-refractivity contribution in [3.05, 3.63) is 47.5 Å². The second-order valence-corrected chi connectivity index (χ2v) is 5.21. The van der Waals surface area contributed by atoms with Crippen LogP contribution in [0.25, 0.3) is 11.0 Å². The highest BCUT2D eigenvalue weighted by Gasteiger charge is 2.16. The Kier molecular flexibility index (Phi) is 3.21. The quantitative estimate of drug-likeness (QED) is 0.773. The molecule has 0 aliphatic heterocycles. The molecular formula is C15H17N5O. The van der Waals surface area contributed by atoms with Crippen molar-refractivity contribution in [2.75, 3.05) is 0 Å². The van der Waals surface area contributed by atoms with Crippen molar-refractivity contribution < 1.29 is 4.79 Å². The van der Waals surface area contributed by atoms with E-state index in [4.69, 9.17) is 0 Å². The third-order valence-corrected chi connectivity index (χ3v) is 3.36. The predicted molar refractivity (Wildman–Crippen MR) is 79.9 cm³/mol. The highest BCUT2D eigenvalue weighted by Crippen LogP contribution is 2.17. The van der Waals surface area contributed by atoms with Crippen molar-refractivity contribution in [2.24, 2.45) is 7.05 Å². The van der Waals surface area contributed by atoms with Gasteiger partial charge in [0.1, 0.15) is 11.5 Å². The van der Waals surface area contributed by atoms with Crippen LogP contribution in [0.2, 0.25) is 0 Å². The molecule has 0 saturated heterocycles. The molecule has 2 N–H and O–H groups in total. The average molecular weight is 283 g/mol. The minimum absolute atomic E-state index is 0.209. The maximum atomic E-state index is 12.1. The zero-order valence-electron chi connectivity index (χ0n) is 12.2. The molecule has 1 unspecified atom stereocenters. The molecule has 108 valence electrons. The Bertz CT molecular complexity index is 801. The lowest BCUT2D eigenvalue weighted by Gasteiger charge is -2.09. The minimum Gasteiger partial charge on any atom is -0.341 e. The number of carbonyl (C=O) groups excluding carboxylic acids is 1. The number of hydrogen-bond acceptors (Lipinski definition) is 3. The lowest BCUT2D eigenvalue weighted by Crippen LogP contribution is -2.27. The fourth-order valence-electron chi connectivity index (χ4n) is 2.22. The van der Waals surface area contributed by atoms with E-state index in [2.05, 4.69) is 20.4 Å². The monoisotopic (exact) mass is 283 g/mol.